The minimum Gasteiger partial charge on any atom is -0.394 e. The number of anilines is 2. The summed E-state index contributed by atoms with van der Waals surface area (Å²) in [6.07, 6.45) is 0. The van der Waals surface area contributed by atoms with Crippen molar-refractivity contribution < 1.29 is 17.9 Å². The van der Waals surface area contributed by atoms with E-state index in [9.17, 15) is 17.9 Å². The molecule has 0 fully saturated rings. The first kappa shape index (κ1) is 23.3. The number of aromatic nitrogens is 2. The van der Waals surface area contributed by atoms with Crippen molar-refractivity contribution in [3.63, 3.8) is 0 Å². The van der Waals surface area contributed by atoms with Crippen LogP contribution in [0.4, 0.5) is 16.0 Å². The summed E-state index contributed by atoms with van der Waals surface area (Å²) in [6, 6.07) is 13.9. The number of nitrogens with one attached hydrogen (secondary N) is 2. The largest absolute Gasteiger partial charge is 0.394 e. The number of aliphatic hydroxyl groups is 1. The van der Waals surface area contributed by atoms with Crippen LogP contribution >= 0.6 is 23.4 Å². The third-order valence-corrected chi connectivity index (χ3v) is 6.59. The average Bonchev–Trinajstić information content (AvgIpc) is 2.74. The zero-order chi connectivity index (χ0) is 22.4. The third kappa shape index (κ3) is 6.54. The van der Waals surface area contributed by atoms with E-state index in [1.54, 1.807) is 6.92 Å². The highest BCUT2D eigenvalue weighted by Crippen LogP contribution is 2.26. The lowest BCUT2D eigenvalue weighted by molar-refractivity contribution is 0.281. The molecule has 1 heterocycles. The highest BCUT2D eigenvalue weighted by atomic mass is 35.5. The Bertz CT molecular complexity index is 1150. The molecule has 0 saturated heterocycles. The molecule has 0 spiro atoms. The summed E-state index contributed by atoms with van der Waals surface area (Å²) in [4.78, 5) is 8.47. The molecule has 3 rings (SSSR count). The summed E-state index contributed by atoms with van der Waals surface area (Å²) in [7, 11) is -4.07. The molecule has 0 saturated carbocycles. The van der Waals surface area contributed by atoms with Gasteiger partial charge in [-0.05, 0) is 30.7 Å². The second kappa shape index (κ2) is 10.3. The van der Waals surface area contributed by atoms with Gasteiger partial charge in [-0.15, -0.1) is 0 Å². The molecule has 2 aromatic carbocycles. The minimum absolute atomic E-state index is 0.0265. The molecular formula is C20H20ClFN4O3S2. The number of aliphatic hydroxyl groups excluding tert-OH is 1. The number of sulfonamides is 1. The Kier molecular flexibility index (Phi) is 7.71. The fourth-order valence-electron chi connectivity index (χ4n) is 2.48. The van der Waals surface area contributed by atoms with Crippen molar-refractivity contribution in [3.8, 4) is 0 Å². The number of thioether (sulfide) groups is 1. The zero-order valence-corrected chi connectivity index (χ0v) is 18.8. The predicted octanol–water partition coefficient (Wildman–Crippen LogP) is 4.15. The van der Waals surface area contributed by atoms with Crippen LogP contribution < -0.4 is 10.0 Å². The number of benzene rings is 2. The Morgan fingerprint density at radius 1 is 1.13 bits per heavy atom. The number of nitrogens with zero attached hydrogens (tertiary/aromatic N) is 2. The van der Waals surface area contributed by atoms with E-state index in [1.165, 1.54) is 17.8 Å². The molecule has 0 aliphatic rings. The molecule has 1 atom stereocenters. The van der Waals surface area contributed by atoms with Crippen molar-refractivity contribution in [2.24, 2.45) is 0 Å². The van der Waals surface area contributed by atoms with Gasteiger partial charge in [-0.1, -0.05) is 53.7 Å². The quantitative estimate of drug-likeness (QED) is 0.311. The molecule has 0 unspecified atom stereocenters. The fraction of sp³-hybridized carbons (Fsp3) is 0.200. The highest BCUT2D eigenvalue weighted by molar-refractivity contribution is 7.98. The van der Waals surface area contributed by atoms with Gasteiger partial charge >= 0.3 is 0 Å². The van der Waals surface area contributed by atoms with Crippen molar-refractivity contribution in [2.45, 2.75) is 28.8 Å². The van der Waals surface area contributed by atoms with Crippen molar-refractivity contribution in [3.05, 3.63) is 71.0 Å². The van der Waals surface area contributed by atoms with Gasteiger partial charge in [-0.3, -0.25) is 4.72 Å². The Morgan fingerprint density at radius 2 is 1.84 bits per heavy atom. The van der Waals surface area contributed by atoms with E-state index in [0.29, 0.717) is 16.7 Å². The Labute approximate surface area is 189 Å². The molecule has 1 aromatic heterocycles. The van der Waals surface area contributed by atoms with Gasteiger partial charge in [0.05, 0.1) is 16.5 Å². The van der Waals surface area contributed by atoms with Crippen LogP contribution in [0.15, 0.2) is 64.6 Å². The van der Waals surface area contributed by atoms with Gasteiger partial charge in [0.25, 0.3) is 10.0 Å². The predicted molar refractivity (Wildman–Crippen MR) is 120 cm³/mol. The second-order valence-electron chi connectivity index (χ2n) is 6.60. The summed E-state index contributed by atoms with van der Waals surface area (Å²) < 4.78 is 41.2. The molecule has 11 heteroatoms. The van der Waals surface area contributed by atoms with Gasteiger partial charge in [0.15, 0.2) is 5.16 Å². The summed E-state index contributed by atoms with van der Waals surface area (Å²) in [5.74, 6) is 0.243. The normalized spacial score (nSPS) is 12.4. The van der Waals surface area contributed by atoms with E-state index in [2.05, 4.69) is 20.0 Å². The lowest BCUT2D eigenvalue weighted by Gasteiger charge is -2.14. The minimum atomic E-state index is -4.07. The molecule has 0 aliphatic heterocycles. The van der Waals surface area contributed by atoms with E-state index < -0.39 is 15.8 Å². The van der Waals surface area contributed by atoms with E-state index in [4.69, 9.17) is 11.6 Å². The van der Waals surface area contributed by atoms with E-state index in [-0.39, 0.29) is 28.4 Å². The van der Waals surface area contributed by atoms with E-state index in [1.807, 2.05) is 30.3 Å². The summed E-state index contributed by atoms with van der Waals surface area (Å²) in [5.41, 5.74) is 1.06. The number of hydrogen-bond acceptors (Lipinski definition) is 7. The van der Waals surface area contributed by atoms with Gasteiger partial charge in [0, 0.05) is 17.9 Å². The van der Waals surface area contributed by atoms with Crippen LogP contribution in [0.5, 0.6) is 0 Å². The van der Waals surface area contributed by atoms with Gasteiger partial charge in [0.2, 0.25) is 0 Å². The molecule has 0 radical (unpaired) electrons. The van der Waals surface area contributed by atoms with Gasteiger partial charge < -0.3 is 10.4 Å². The van der Waals surface area contributed by atoms with Gasteiger partial charge in [-0.2, -0.15) is 0 Å². The van der Waals surface area contributed by atoms with E-state index in [0.717, 1.165) is 23.8 Å². The van der Waals surface area contributed by atoms with Crippen molar-refractivity contribution in [1.29, 1.82) is 0 Å². The maximum Gasteiger partial charge on any atom is 0.263 e. The first-order chi connectivity index (χ1) is 14.8. The standard InChI is InChI=1S/C20H20ClFN4O3S2/c1-13(11-27)23-18-10-19(25-20(24-18)30-12-14-5-3-2-4-6-14)26-31(28,29)15-7-8-17(22)16(21)9-15/h2-10,13,27H,11-12H2,1H3,(H2,23,24,25,26)/t13-/m1/s1. The van der Waals surface area contributed by atoms with Gasteiger partial charge in [-0.25, -0.2) is 22.8 Å². The summed E-state index contributed by atoms with van der Waals surface area (Å²) >= 11 is 7.05. The second-order valence-corrected chi connectivity index (χ2v) is 9.64. The number of hydrogen-bond donors (Lipinski definition) is 3. The maximum atomic E-state index is 13.4. The van der Waals surface area contributed by atoms with Crippen LogP contribution in [-0.2, 0) is 15.8 Å². The number of halogens is 2. The zero-order valence-electron chi connectivity index (χ0n) is 16.4. The third-order valence-electron chi connectivity index (χ3n) is 4.02. The first-order valence-corrected chi connectivity index (χ1v) is 12.0. The Hall–Kier alpha value is -2.40. The molecule has 31 heavy (non-hydrogen) atoms. The molecular weight excluding hydrogens is 463 g/mol. The fourth-order valence-corrected chi connectivity index (χ4v) is 4.55. The molecule has 0 amide bonds. The van der Waals surface area contributed by atoms with Crippen LogP contribution in [-0.4, -0.2) is 36.1 Å². The molecule has 0 bridgehead atoms. The SMILES string of the molecule is C[C@H](CO)Nc1cc(NS(=O)(=O)c2ccc(F)c(Cl)c2)nc(SCc2ccccc2)n1. The Balaban J connectivity index is 1.88. The number of rotatable bonds is 9. The molecule has 3 aromatic rings. The lowest BCUT2D eigenvalue weighted by atomic mass is 10.2. The van der Waals surface area contributed by atoms with Crippen LogP contribution in [0.3, 0.4) is 0 Å². The van der Waals surface area contributed by atoms with Crippen molar-refractivity contribution in [2.75, 3.05) is 16.6 Å². The monoisotopic (exact) mass is 482 g/mol. The smallest absolute Gasteiger partial charge is 0.263 e. The molecule has 164 valence electrons. The van der Waals surface area contributed by atoms with Gasteiger partial charge in [0.1, 0.15) is 17.5 Å². The van der Waals surface area contributed by atoms with Crippen LogP contribution in [0, 0.1) is 5.82 Å². The molecule has 3 N–H and O–H groups in total. The molecule has 0 aliphatic carbocycles. The molecule has 7 nitrogen and oxygen atoms in total. The maximum absolute atomic E-state index is 13.4. The average molecular weight is 483 g/mol. The lowest BCUT2D eigenvalue weighted by Crippen LogP contribution is -2.21. The van der Waals surface area contributed by atoms with Crippen LogP contribution in [0.25, 0.3) is 0 Å². The topological polar surface area (TPSA) is 104 Å². The highest BCUT2D eigenvalue weighted by Gasteiger charge is 2.18. The summed E-state index contributed by atoms with van der Waals surface area (Å²) in [5, 5.41) is 12.3. The van der Waals surface area contributed by atoms with Crippen molar-refractivity contribution >= 4 is 45.0 Å². The summed E-state index contributed by atoms with van der Waals surface area (Å²) in [6.45, 7) is 1.62. The van der Waals surface area contributed by atoms with Crippen LogP contribution in [0.2, 0.25) is 5.02 Å². The first-order valence-electron chi connectivity index (χ1n) is 9.18. The Morgan fingerprint density at radius 3 is 2.52 bits per heavy atom. The van der Waals surface area contributed by atoms with Crippen molar-refractivity contribution in [1.82, 2.24) is 9.97 Å². The van der Waals surface area contributed by atoms with E-state index >= 15 is 0 Å². The van der Waals surface area contributed by atoms with Crippen LogP contribution in [0.1, 0.15) is 12.5 Å².